The van der Waals surface area contributed by atoms with E-state index >= 15 is 0 Å². The molecule has 6 heteroatoms. The number of carbonyl (C=O) groups is 1. The Kier molecular flexibility index (Phi) is 5.72. The fourth-order valence-electron chi connectivity index (χ4n) is 2.28. The zero-order valence-electron chi connectivity index (χ0n) is 13.7. The number of anilines is 1. The van der Waals surface area contributed by atoms with Crippen molar-refractivity contribution in [3.8, 4) is 11.3 Å². The van der Waals surface area contributed by atoms with Gasteiger partial charge in [-0.3, -0.25) is 4.79 Å². The van der Waals surface area contributed by atoms with Gasteiger partial charge in [-0.25, -0.2) is 0 Å². The molecule has 26 heavy (non-hydrogen) atoms. The molecule has 0 aliphatic rings. The van der Waals surface area contributed by atoms with Gasteiger partial charge in [0.15, 0.2) is 0 Å². The maximum Gasteiger partial charge on any atom is 0.248 e. The molecule has 0 saturated heterocycles. The third kappa shape index (κ3) is 4.31. The molecular formula is C20H14Cl3NO2. The summed E-state index contributed by atoms with van der Waals surface area (Å²) in [6, 6.07) is 14.3. The van der Waals surface area contributed by atoms with E-state index < -0.39 is 0 Å². The second kappa shape index (κ2) is 8.00. The Bertz CT molecular complexity index is 992. The Morgan fingerprint density at radius 2 is 1.85 bits per heavy atom. The molecule has 1 aromatic heterocycles. The average Bonchev–Trinajstić information content (AvgIpc) is 3.09. The van der Waals surface area contributed by atoms with E-state index in [1.807, 2.05) is 31.2 Å². The van der Waals surface area contributed by atoms with Gasteiger partial charge >= 0.3 is 0 Å². The molecule has 1 heterocycles. The highest BCUT2D eigenvalue weighted by atomic mass is 35.5. The predicted molar refractivity (Wildman–Crippen MR) is 108 cm³/mol. The van der Waals surface area contributed by atoms with Crippen LogP contribution < -0.4 is 5.32 Å². The van der Waals surface area contributed by atoms with Gasteiger partial charge in [0, 0.05) is 16.7 Å². The summed E-state index contributed by atoms with van der Waals surface area (Å²) in [6.07, 6.45) is 2.94. The Morgan fingerprint density at radius 1 is 1.04 bits per heavy atom. The molecule has 0 radical (unpaired) electrons. The standard InChI is InChI=1S/C20H14Cl3NO2/c1-12-5-6-13(11-16(12)22)18-9-7-14(26-18)8-10-19(25)24-17-4-2-3-15(21)20(17)23/h2-11H,1H3,(H,24,25)/b10-8+. The molecule has 0 aliphatic heterocycles. The predicted octanol–water partition coefficient (Wildman–Crippen LogP) is 6.87. The number of rotatable bonds is 4. The third-order valence-corrected chi connectivity index (χ3v) is 4.92. The fraction of sp³-hybridized carbons (Fsp3) is 0.0500. The second-order valence-electron chi connectivity index (χ2n) is 5.59. The second-order valence-corrected chi connectivity index (χ2v) is 6.78. The molecule has 0 saturated carbocycles. The molecule has 2 aromatic carbocycles. The van der Waals surface area contributed by atoms with E-state index in [-0.39, 0.29) is 5.91 Å². The highest BCUT2D eigenvalue weighted by Crippen LogP contribution is 2.30. The maximum absolute atomic E-state index is 12.0. The van der Waals surface area contributed by atoms with Crippen LogP contribution in [0.15, 0.2) is 59.0 Å². The number of furan rings is 1. The summed E-state index contributed by atoms with van der Waals surface area (Å²) in [4.78, 5) is 12.0. The SMILES string of the molecule is Cc1ccc(-c2ccc(/C=C/C(=O)Nc3cccc(Cl)c3Cl)o2)cc1Cl. The monoisotopic (exact) mass is 405 g/mol. The van der Waals surface area contributed by atoms with Crippen molar-refractivity contribution in [2.24, 2.45) is 0 Å². The van der Waals surface area contributed by atoms with Gasteiger partial charge in [0.2, 0.25) is 5.91 Å². The quantitative estimate of drug-likeness (QED) is 0.480. The van der Waals surface area contributed by atoms with E-state index in [2.05, 4.69) is 5.32 Å². The van der Waals surface area contributed by atoms with E-state index in [0.717, 1.165) is 11.1 Å². The van der Waals surface area contributed by atoms with Crippen LogP contribution in [0.25, 0.3) is 17.4 Å². The lowest BCUT2D eigenvalue weighted by atomic mass is 10.1. The number of hydrogen-bond donors (Lipinski definition) is 1. The summed E-state index contributed by atoms with van der Waals surface area (Å²) in [6.45, 7) is 1.94. The molecule has 0 atom stereocenters. The molecule has 0 aliphatic carbocycles. The molecule has 132 valence electrons. The lowest BCUT2D eigenvalue weighted by Crippen LogP contribution is -2.08. The van der Waals surface area contributed by atoms with Crippen LogP contribution in [-0.2, 0) is 4.79 Å². The molecule has 0 bridgehead atoms. The number of halogens is 3. The first-order valence-corrected chi connectivity index (χ1v) is 8.87. The normalized spacial score (nSPS) is 11.1. The fourth-order valence-corrected chi connectivity index (χ4v) is 2.80. The lowest BCUT2D eigenvalue weighted by Gasteiger charge is -2.05. The molecular weight excluding hydrogens is 393 g/mol. The van der Waals surface area contributed by atoms with E-state index in [9.17, 15) is 4.79 Å². The van der Waals surface area contributed by atoms with Crippen LogP contribution in [0.2, 0.25) is 15.1 Å². The molecule has 3 rings (SSSR count). The van der Waals surface area contributed by atoms with E-state index in [0.29, 0.717) is 32.3 Å². The van der Waals surface area contributed by atoms with Crippen LogP contribution in [-0.4, -0.2) is 5.91 Å². The van der Waals surface area contributed by atoms with Crippen LogP contribution >= 0.6 is 34.8 Å². The van der Waals surface area contributed by atoms with Crippen molar-refractivity contribution in [1.29, 1.82) is 0 Å². The number of benzene rings is 2. The Balaban J connectivity index is 1.71. The molecule has 1 amide bonds. The molecule has 1 N–H and O–H groups in total. The summed E-state index contributed by atoms with van der Waals surface area (Å²) in [5.74, 6) is 0.874. The lowest BCUT2D eigenvalue weighted by molar-refractivity contribution is -0.111. The van der Waals surface area contributed by atoms with Crippen LogP contribution in [0.5, 0.6) is 0 Å². The first kappa shape index (κ1) is 18.6. The van der Waals surface area contributed by atoms with Crippen LogP contribution in [0.4, 0.5) is 5.69 Å². The van der Waals surface area contributed by atoms with Crippen molar-refractivity contribution in [3.63, 3.8) is 0 Å². The maximum atomic E-state index is 12.0. The van der Waals surface area contributed by atoms with Crippen molar-refractivity contribution in [2.45, 2.75) is 6.92 Å². The molecule has 3 aromatic rings. The highest BCUT2D eigenvalue weighted by molar-refractivity contribution is 6.44. The van der Waals surface area contributed by atoms with E-state index in [4.69, 9.17) is 39.2 Å². The van der Waals surface area contributed by atoms with Crippen LogP contribution in [0, 0.1) is 6.92 Å². The highest BCUT2D eigenvalue weighted by Gasteiger charge is 2.08. The molecule has 3 nitrogen and oxygen atoms in total. The van der Waals surface area contributed by atoms with Gasteiger partial charge in [-0.15, -0.1) is 0 Å². The largest absolute Gasteiger partial charge is 0.457 e. The van der Waals surface area contributed by atoms with Crippen molar-refractivity contribution in [2.75, 3.05) is 5.32 Å². The van der Waals surface area contributed by atoms with Gasteiger partial charge in [-0.05, 0) is 48.9 Å². The molecule has 0 unspecified atom stereocenters. The summed E-state index contributed by atoms with van der Waals surface area (Å²) in [5, 5.41) is 4.02. The minimum absolute atomic E-state index is 0.299. The number of amides is 1. The molecule has 0 spiro atoms. The first-order valence-electron chi connectivity index (χ1n) is 7.73. The smallest absolute Gasteiger partial charge is 0.248 e. The molecule has 0 fully saturated rings. The van der Waals surface area contributed by atoms with Gasteiger partial charge in [0.05, 0.1) is 15.7 Å². The number of carbonyl (C=O) groups excluding carboxylic acids is 1. The Morgan fingerprint density at radius 3 is 2.62 bits per heavy atom. The summed E-state index contributed by atoms with van der Waals surface area (Å²) in [5.41, 5.74) is 2.32. The topological polar surface area (TPSA) is 42.2 Å². The van der Waals surface area contributed by atoms with E-state index in [1.54, 1.807) is 30.3 Å². The van der Waals surface area contributed by atoms with Crippen molar-refractivity contribution < 1.29 is 9.21 Å². The zero-order valence-corrected chi connectivity index (χ0v) is 16.0. The minimum Gasteiger partial charge on any atom is -0.457 e. The third-order valence-electron chi connectivity index (χ3n) is 3.69. The van der Waals surface area contributed by atoms with Gasteiger partial charge in [-0.1, -0.05) is 53.0 Å². The first-order chi connectivity index (χ1) is 12.4. The van der Waals surface area contributed by atoms with Crippen LogP contribution in [0.3, 0.4) is 0 Å². The van der Waals surface area contributed by atoms with Gasteiger partial charge in [-0.2, -0.15) is 0 Å². The van der Waals surface area contributed by atoms with Gasteiger partial charge in [0.25, 0.3) is 0 Å². The summed E-state index contributed by atoms with van der Waals surface area (Å²) >= 11 is 18.1. The van der Waals surface area contributed by atoms with Crippen LogP contribution in [0.1, 0.15) is 11.3 Å². The average molecular weight is 407 g/mol. The number of aryl methyl sites for hydroxylation is 1. The minimum atomic E-state index is -0.342. The number of hydrogen-bond acceptors (Lipinski definition) is 2. The zero-order chi connectivity index (χ0) is 18.7. The van der Waals surface area contributed by atoms with Crippen molar-refractivity contribution in [1.82, 2.24) is 0 Å². The summed E-state index contributed by atoms with van der Waals surface area (Å²) < 4.78 is 5.74. The number of nitrogens with one attached hydrogen (secondary N) is 1. The van der Waals surface area contributed by atoms with Crippen molar-refractivity contribution in [3.05, 3.63) is 81.0 Å². The Hall–Kier alpha value is -2.20. The van der Waals surface area contributed by atoms with Gasteiger partial charge < -0.3 is 9.73 Å². The Labute approximate surface area is 166 Å². The summed E-state index contributed by atoms with van der Waals surface area (Å²) in [7, 11) is 0. The van der Waals surface area contributed by atoms with Gasteiger partial charge in [0.1, 0.15) is 11.5 Å². The van der Waals surface area contributed by atoms with Crippen molar-refractivity contribution >= 4 is 52.5 Å². The van der Waals surface area contributed by atoms with E-state index in [1.165, 1.54) is 6.08 Å².